The molecule has 0 saturated heterocycles. The van der Waals surface area contributed by atoms with E-state index in [0.717, 1.165) is 34.2 Å². The van der Waals surface area contributed by atoms with E-state index in [2.05, 4.69) is 32.9 Å². The molecule has 5 rings (SSSR count). The molecule has 1 unspecified atom stereocenters. The molecule has 0 bridgehead atoms. The van der Waals surface area contributed by atoms with E-state index in [1.165, 1.54) is 0 Å². The number of fused-ring (bicyclic) bond motifs is 4. The smallest absolute Gasteiger partial charge is 0.202 e. The molecule has 4 heteroatoms. The quantitative estimate of drug-likeness (QED) is 0.409. The summed E-state index contributed by atoms with van der Waals surface area (Å²) in [7, 11) is 0. The van der Waals surface area contributed by atoms with Crippen LogP contribution in [0.1, 0.15) is 38.7 Å². The van der Waals surface area contributed by atoms with Gasteiger partial charge in [0.15, 0.2) is 11.5 Å². The minimum atomic E-state index is -0.208. The van der Waals surface area contributed by atoms with Crippen LogP contribution in [-0.2, 0) is 0 Å². The van der Waals surface area contributed by atoms with Crippen molar-refractivity contribution in [3.05, 3.63) is 59.4 Å². The summed E-state index contributed by atoms with van der Waals surface area (Å²) in [4.78, 5) is 4.81. The minimum absolute atomic E-state index is 0.000971. The number of ether oxygens (including phenoxy) is 1. The molecule has 1 aromatic heterocycles. The zero-order valence-electron chi connectivity index (χ0n) is 15.6. The summed E-state index contributed by atoms with van der Waals surface area (Å²) in [6, 6.07) is 9.66. The van der Waals surface area contributed by atoms with Gasteiger partial charge in [0.1, 0.15) is 5.76 Å². The average Bonchev–Trinajstić information content (AvgIpc) is 2.64. The molecule has 1 aliphatic heterocycles. The van der Waals surface area contributed by atoms with E-state index in [0.29, 0.717) is 16.7 Å². The SMILES string of the molecule is CC1C2=C(CC(C)(C)C=C2)Oc2c(O)c(O)c3cc4ccccc4nc3c21. The fraction of sp³-hybridized carbons (Fsp3) is 0.261. The lowest BCUT2D eigenvalue weighted by Crippen LogP contribution is -2.22. The molecule has 2 N–H and O–H groups in total. The number of para-hydroxylation sites is 1. The molecule has 2 aliphatic rings. The van der Waals surface area contributed by atoms with Gasteiger partial charge in [-0.05, 0) is 23.1 Å². The predicted octanol–water partition coefficient (Wildman–Crippen LogP) is 5.54. The number of rotatable bonds is 0. The number of benzene rings is 2. The Morgan fingerprint density at radius 3 is 2.74 bits per heavy atom. The molecule has 0 saturated carbocycles. The largest absolute Gasteiger partial charge is 0.504 e. The summed E-state index contributed by atoms with van der Waals surface area (Å²) in [5.74, 6) is 0.820. The summed E-state index contributed by atoms with van der Waals surface area (Å²) in [6.07, 6.45) is 5.09. The predicted molar refractivity (Wildman–Crippen MR) is 106 cm³/mol. The molecule has 1 aliphatic carbocycles. The number of phenolic OH excluding ortho intramolecular Hbond substituents is 2. The first-order valence-electron chi connectivity index (χ1n) is 9.23. The highest BCUT2D eigenvalue weighted by molar-refractivity contribution is 6.01. The van der Waals surface area contributed by atoms with Crippen LogP contribution in [0.25, 0.3) is 21.8 Å². The minimum Gasteiger partial charge on any atom is -0.504 e. The van der Waals surface area contributed by atoms with Crippen LogP contribution >= 0.6 is 0 Å². The van der Waals surface area contributed by atoms with E-state index in [9.17, 15) is 10.2 Å². The number of phenols is 2. The Morgan fingerprint density at radius 1 is 1.15 bits per heavy atom. The van der Waals surface area contributed by atoms with Crippen LogP contribution < -0.4 is 4.74 Å². The number of nitrogens with zero attached hydrogens (tertiary/aromatic N) is 1. The van der Waals surface area contributed by atoms with Gasteiger partial charge in [0.05, 0.1) is 11.0 Å². The fourth-order valence-corrected chi connectivity index (χ4v) is 4.22. The van der Waals surface area contributed by atoms with Crippen LogP contribution in [0, 0.1) is 5.41 Å². The van der Waals surface area contributed by atoms with E-state index in [1.807, 2.05) is 30.3 Å². The molecule has 1 atom stereocenters. The van der Waals surface area contributed by atoms with Gasteiger partial charge in [-0.25, -0.2) is 4.98 Å². The third kappa shape index (κ3) is 2.26. The van der Waals surface area contributed by atoms with Gasteiger partial charge in [-0.1, -0.05) is 51.1 Å². The Kier molecular flexibility index (Phi) is 3.15. The third-order valence-electron chi connectivity index (χ3n) is 5.70. The van der Waals surface area contributed by atoms with E-state index in [-0.39, 0.29) is 22.8 Å². The second kappa shape index (κ2) is 5.26. The number of pyridine rings is 1. The molecular weight excluding hydrogens is 338 g/mol. The molecule has 0 fully saturated rings. The maximum absolute atomic E-state index is 10.7. The molecule has 2 aromatic carbocycles. The van der Waals surface area contributed by atoms with Crippen molar-refractivity contribution >= 4 is 21.8 Å². The Bertz CT molecular complexity index is 1190. The molecule has 136 valence electrons. The maximum atomic E-state index is 10.7. The lowest BCUT2D eigenvalue weighted by Gasteiger charge is -2.35. The van der Waals surface area contributed by atoms with E-state index < -0.39 is 0 Å². The molecule has 4 nitrogen and oxygen atoms in total. The third-order valence-corrected chi connectivity index (χ3v) is 5.70. The molecule has 0 spiro atoms. The van der Waals surface area contributed by atoms with Crippen molar-refractivity contribution in [3.63, 3.8) is 0 Å². The zero-order valence-corrected chi connectivity index (χ0v) is 15.6. The molecule has 2 heterocycles. The van der Waals surface area contributed by atoms with Gasteiger partial charge in [0, 0.05) is 28.7 Å². The van der Waals surface area contributed by atoms with Crippen LogP contribution in [0.15, 0.2) is 53.8 Å². The van der Waals surface area contributed by atoms with Crippen LogP contribution in [0.4, 0.5) is 0 Å². The van der Waals surface area contributed by atoms with E-state index >= 15 is 0 Å². The van der Waals surface area contributed by atoms with Crippen LogP contribution in [0.3, 0.4) is 0 Å². The first-order valence-corrected chi connectivity index (χ1v) is 9.23. The van der Waals surface area contributed by atoms with Crippen LogP contribution in [0.2, 0.25) is 0 Å². The number of allylic oxidation sites excluding steroid dienone is 4. The Balaban J connectivity index is 1.82. The Morgan fingerprint density at radius 2 is 1.93 bits per heavy atom. The summed E-state index contributed by atoms with van der Waals surface area (Å²) in [6.45, 7) is 6.41. The zero-order chi connectivity index (χ0) is 18.9. The van der Waals surface area contributed by atoms with E-state index in [4.69, 9.17) is 9.72 Å². The van der Waals surface area contributed by atoms with Crippen LogP contribution in [-0.4, -0.2) is 15.2 Å². The fourth-order valence-electron chi connectivity index (χ4n) is 4.22. The number of aromatic hydroxyl groups is 2. The Labute approximate surface area is 157 Å². The van der Waals surface area contributed by atoms with Crippen molar-refractivity contribution in [1.82, 2.24) is 4.98 Å². The van der Waals surface area contributed by atoms with Crippen molar-refractivity contribution in [3.8, 4) is 17.2 Å². The molecule has 3 aromatic rings. The lowest BCUT2D eigenvalue weighted by molar-refractivity contribution is 0.298. The molecule has 27 heavy (non-hydrogen) atoms. The summed E-state index contributed by atoms with van der Waals surface area (Å²) in [5.41, 5.74) is 3.47. The van der Waals surface area contributed by atoms with Gasteiger partial charge in [-0.15, -0.1) is 0 Å². The van der Waals surface area contributed by atoms with Crippen molar-refractivity contribution in [2.75, 3.05) is 0 Å². The van der Waals surface area contributed by atoms with Crippen LogP contribution in [0.5, 0.6) is 17.2 Å². The first-order chi connectivity index (χ1) is 12.9. The van der Waals surface area contributed by atoms with Crippen molar-refractivity contribution in [2.24, 2.45) is 5.41 Å². The van der Waals surface area contributed by atoms with Crippen molar-refractivity contribution in [1.29, 1.82) is 0 Å². The van der Waals surface area contributed by atoms with Gasteiger partial charge in [-0.2, -0.15) is 0 Å². The lowest BCUT2D eigenvalue weighted by atomic mass is 9.77. The van der Waals surface area contributed by atoms with Crippen molar-refractivity contribution in [2.45, 2.75) is 33.1 Å². The summed E-state index contributed by atoms with van der Waals surface area (Å²) >= 11 is 0. The highest BCUT2D eigenvalue weighted by Crippen LogP contribution is 2.54. The standard InChI is InChI=1S/C23H21NO3/c1-12-14-8-9-23(2,3)11-17(14)27-22-18(12)19-15(20(25)21(22)26)10-13-6-4-5-7-16(13)24-19/h4-10,12,25-26H,11H2,1-3H3. The number of hydrogen-bond donors (Lipinski definition) is 2. The highest BCUT2D eigenvalue weighted by Gasteiger charge is 2.36. The number of hydrogen-bond acceptors (Lipinski definition) is 4. The van der Waals surface area contributed by atoms with Crippen molar-refractivity contribution < 1.29 is 14.9 Å². The Hall–Kier alpha value is -3.01. The number of aromatic nitrogens is 1. The van der Waals surface area contributed by atoms with Gasteiger partial charge in [0.2, 0.25) is 5.75 Å². The van der Waals surface area contributed by atoms with E-state index in [1.54, 1.807) is 0 Å². The molecular formula is C23H21NO3. The molecule has 0 radical (unpaired) electrons. The van der Waals surface area contributed by atoms with Gasteiger partial charge >= 0.3 is 0 Å². The average molecular weight is 359 g/mol. The summed E-state index contributed by atoms with van der Waals surface area (Å²) < 4.78 is 6.15. The second-order valence-corrected chi connectivity index (χ2v) is 8.22. The normalized spacial score (nSPS) is 20.5. The molecule has 0 amide bonds. The topological polar surface area (TPSA) is 62.6 Å². The van der Waals surface area contributed by atoms with Gasteiger partial charge in [-0.3, -0.25) is 0 Å². The first kappa shape index (κ1) is 16.2. The van der Waals surface area contributed by atoms with Gasteiger partial charge in [0.25, 0.3) is 0 Å². The highest BCUT2D eigenvalue weighted by atomic mass is 16.5. The van der Waals surface area contributed by atoms with Gasteiger partial charge < -0.3 is 14.9 Å². The second-order valence-electron chi connectivity index (χ2n) is 8.22. The maximum Gasteiger partial charge on any atom is 0.202 e. The monoisotopic (exact) mass is 359 g/mol. The summed E-state index contributed by atoms with van der Waals surface area (Å²) in [5, 5.41) is 22.8.